The highest BCUT2D eigenvalue weighted by Crippen LogP contribution is 2.30. The summed E-state index contributed by atoms with van der Waals surface area (Å²) in [5, 5.41) is 7.76. The van der Waals surface area contributed by atoms with Gasteiger partial charge < -0.3 is 11.1 Å². The van der Waals surface area contributed by atoms with Gasteiger partial charge in [0.2, 0.25) is 0 Å². The summed E-state index contributed by atoms with van der Waals surface area (Å²) >= 11 is 0. The van der Waals surface area contributed by atoms with Gasteiger partial charge in [0.15, 0.2) is 0 Å². The van der Waals surface area contributed by atoms with E-state index >= 15 is 0 Å². The van der Waals surface area contributed by atoms with E-state index in [0.29, 0.717) is 17.5 Å². The minimum absolute atomic E-state index is 0.392. The number of fused-ring (bicyclic) bond motifs is 1. The molecule has 0 bridgehead atoms. The molecule has 0 radical (unpaired) electrons. The Morgan fingerprint density at radius 2 is 2.25 bits per heavy atom. The maximum atomic E-state index is 11.6. The number of nitrogens with two attached hydrogens (primary N) is 1. The molecular formula is C15H20N4O. The molecule has 3 rings (SSSR count). The number of carbonyl (C=O) groups is 1. The van der Waals surface area contributed by atoms with Crippen LogP contribution in [-0.2, 0) is 0 Å². The van der Waals surface area contributed by atoms with Gasteiger partial charge in [-0.25, -0.2) is 4.52 Å². The molecule has 1 aliphatic rings. The standard InChI is InChI=1S/C15H20N4O/c1-10-5-2-3-6-12(10)18-14-11(15(16)20)9-17-19-8-4-7-13(14)19/h4,7-10,12,18H,2-3,5-6H2,1H3,(H2,16,20)/t10-,12+/m0/s1. The van der Waals surface area contributed by atoms with Crippen molar-refractivity contribution < 1.29 is 4.79 Å². The first-order valence-electron chi connectivity index (χ1n) is 7.19. The summed E-state index contributed by atoms with van der Waals surface area (Å²) in [5.41, 5.74) is 7.67. The topological polar surface area (TPSA) is 72.4 Å². The molecule has 20 heavy (non-hydrogen) atoms. The van der Waals surface area contributed by atoms with Crippen molar-refractivity contribution in [2.45, 2.75) is 38.6 Å². The second kappa shape index (κ2) is 5.15. The Kier molecular flexibility index (Phi) is 3.34. The lowest BCUT2D eigenvalue weighted by Crippen LogP contribution is -2.31. The molecule has 2 aromatic heterocycles. The Balaban J connectivity index is 2.01. The van der Waals surface area contributed by atoms with Gasteiger partial charge in [-0.15, -0.1) is 0 Å². The van der Waals surface area contributed by atoms with Crippen molar-refractivity contribution in [3.05, 3.63) is 30.1 Å². The quantitative estimate of drug-likeness (QED) is 0.901. The number of nitrogens with zero attached hydrogens (tertiary/aromatic N) is 2. The molecule has 0 saturated heterocycles. The number of anilines is 1. The van der Waals surface area contributed by atoms with Gasteiger partial charge >= 0.3 is 0 Å². The minimum atomic E-state index is -0.438. The van der Waals surface area contributed by atoms with E-state index in [-0.39, 0.29) is 0 Å². The van der Waals surface area contributed by atoms with Crippen LogP contribution in [0.3, 0.4) is 0 Å². The van der Waals surface area contributed by atoms with Crippen LogP contribution in [0.4, 0.5) is 5.69 Å². The van der Waals surface area contributed by atoms with Crippen LogP contribution < -0.4 is 11.1 Å². The van der Waals surface area contributed by atoms with Crippen molar-refractivity contribution in [2.24, 2.45) is 11.7 Å². The molecule has 2 heterocycles. The molecule has 1 amide bonds. The van der Waals surface area contributed by atoms with Gasteiger partial charge in [0, 0.05) is 12.2 Å². The fourth-order valence-electron chi connectivity index (χ4n) is 3.05. The molecule has 2 atom stereocenters. The van der Waals surface area contributed by atoms with Crippen molar-refractivity contribution in [3.63, 3.8) is 0 Å². The van der Waals surface area contributed by atoms with Crippen LogP contribution in [-0.4, -0.2) is 21.6 Å². The van der Waals surface area contributed by atoms with E-state index < -0.39 is 5.91 Å². The lowest BCUT2D eigenvalue weighted by Gasteiger charge is -2.31. The Labute approximate surface area is 118 Å². The van der Waals surface area contributed by atoms with Crippen molar-refractivity contribution in [1.29, 1.82) is 0 Å². The summed E-state index contributed by atoms with van der Waals surface area (Å²) in [4.78, 5) is 11.6. The normalized spacial score (nSPS) is 22.9. The summed E-state index contributed by atoms with van der Waals surface area (Å²) < 4.78 is 1.77. The lowest BCUT2D eigenvalue weighted by molar-refractivity contribution is 0.100. The fraction of sp³-hybridized carbons (Fsp3) is 0.467. The maximum absolute atomic E-state index is 11.6. The number of hydrogen-bond acceptors (Lipinski definition) is 3. The Morgan fingerprint density at radius 1 is 1.45 bits per heavy atom. The number of hydrogen-bond donors (Lipinski definition) is 2. The number of primary amides is 1. The Hall–Kier alpha value is -2.04. The first-order chi connectivity index (χ1) is 9.66. The monoisotopic (exact) mass is 272 g/mol. The first kappa shape index (κ1) is 13.0. The molecule has 0 spiro atoms. The number of nitrogens with one attached hydrogen (secondary N) is 1. The second-order valence-electron chi connectivity index (χ2n) is 5.65. The molecule has 1 saturated carbocycles. The van der Waals surface area contributed by atoms with Crippen LogP contribution in [0.2, 0.25) is 0 Å². The molecule has 5 heteroatoms. The van der Waals surface area contributed by atoms with E-state index in [1.807, 2.05) is 18.3 Å². The van der Waals surface area contributed by atoms with Crippen LogP contribution in [0.15, 0.2) is 24.5 Å². The van der Waals surface area contributed by atoms with Crippen molar-refractivity contribution in [1.82, 2.24) is 9.61 Å². The van der Waals surface area contributed by atoms with Gasteiger partial charge in [0.05, 0.1) is 23.0 Å². The molecule has 0 unspecified atom stereocenters. The number of amides is 1. The van der Waals surface area contributed by atoms with Crippen LogP contribution in [0.1, 0.15) is 43.0 Å². The first-order valence-corrected chi connectivity index (χ1v) is 7.19. The lowest BCUT2D eigenvalue weighted by atomic mass is 9.85. The van der Waals surface area contributed by atoms with Gasteiger partial charge in [-0.2, -0.15) is 5.10 Å². The van der Waals surface area contributed by atoms with E-state index in [4.69, 9.17) is 5.73 Å². The van der Waals surface area contributed by atoms with Crippen LogP contribution in [0, 0.1) is 5.92 Å². The van der Waals surface area contributed by atoms with Gasteiger partial charge in [-0.3, -0.25) is 4.79 Å². The third-order valence-corrected chi connectivity index (χ3v) is 4.27. The zero-order chi connectivity index (χ0) is 14.1. The van der Waals surface area contributed by atoms with Crippen molar-refractivity contribution in [2.75, 3.05) is 5.32 Å². The fourth-order valence-corrected chi connectivity index (χ4v) is 3.05. The molecule has 1 aliphatic carbocycles. The molecule has 5 nitrogen and oxygen atoms in total. The number of carbonyl (C=O) groups excluding carboxylic acids is 1. The maximum Gasteiger partial charge on any atom is 0.252 e. The van der Waals surface area contributed by atoms with Crippen molar-refractivity contribution in [3.8, 4) is 0 Å². The largest absolute Gasteiger partial charge is 0.380 e. The molecular weight excluding hydrogens is 252 g/mol. The highest BCUT2D eigenvalue weighted by molar-refractivity contribution is 6.01. The average Bonchev–Trinajstić information content (AvgIpc) is 2.90. The smallest absolute Gasteiger partial charge is 0.252 e. The SMILES string of the molecule is C[C@H]1CCCC[C@H]1Nc1c(C(N)=O)cnn2cccc12. The highest BCUT2D eigenvalue weighted by Gasteiger charge is 2.23. The van der Waals surface area contributed by atoms with Gasteiger partial charge in [-0.1, -0.05) is 19.8 Å². The van der Waals surface area contributed by atoms with E-state index in [9.17, 15) is 4.79 Å². The average molecular weight is 272 g/mol. The van der Waals surface area contributed by atoms with E-state index in [1.165, 1.54) is 19.3 Å². The Morgan fingerprint density at radius 3 is 3.00 bits per heavy atom. The van der Waals surface area contributed by atoms with Crippen LogP contribution >= 0.6 is 0 Å². The van der Waals surface area contributed by atoms with Crippen LogP contribution in [0.5, 0.6) is 0 Å². The summed E-state index contributed by atoms with van der Waals surface area (Å²) in [6.45, 7) is 2.26. The summed E-state index contributed by atoms with van der Waals surface area (Å²) in [5.74, 6) is 0.166. The highest BCUT2D eigenvalue weighted by atomic mass is 16.1. The zero-order valence-corrected chi connectivity index (χ0v) is 11.7. The van der Waals surface area contributed by atoms with E-state index in [2.05, 4.69) is 17.3 Å². The number of rotatable bonds is 3. The minimum Gasteiger partial charge on any atom is -0.380 e. The second-order valence-corrected chi connectivity index (χ2v) is 5.65. The third kappa shape index (κ3) is 2.24. The van der Waals surface area contributed by atoms with E-state index in [1.54, 1.807) is 10.7 Å². The number of aromatic nitrogens is 2. The molecule has 1 fully saturated rings. The third-order valence-electron chi connectivity index (χ3n) is 4.27. The predicted molar refractivity (Wildman–Crippen MR) is 78.8 cm³/mol. The van der Waals surface area contributed by atoms with Gasteiger partial charge in [0.25, 0.3) is 5.91 Å². The van der Waals surface area contributed by atoms with Crippen LogP contribution in [0.25, 0.3) is 5.52 Å². The van der Waals surface area contributed by atoms with E-state index in [0.717, 1.165) is 17.6 Å². The molecule has 106 valence electrons. The van der Waals surface area contributed by atoms with Gasteiger partial charge in [-0.05, 0) is 30.9 Å². The Bertz CT molecular complexity index is 634. The summed E-state index contributed by atoms with van der Waals surface area (Å²) in [6, 6.07) is 4.26. The van der Waals surface area contributed by atoms with Crippen molar-refractivity contribution >= 4 is 17.1 Å². The molecule has 0 aliphatic heterocycles. The van der Waals surface area contributed by atoms with Gasteiger partial charge in [0.1, 0.15) is 0 Å². The molecule has 3 N–H and O–H groups in total. The zero-order valence-electron chi connectivity index (χ0n) is 11.7. The molecule has 2 aromatic rings. The molecule has 0 aromatic carbocycles. The summed E-state index contributed by atoms with van der Waals surface area (Å²) in [6.07, 6.45) is 8.30. The summed E-state index contributed by atoms with van der Waals surface area (Å²) in [7, 11) is 0. The predicted octanol–water partition coefficient (Wildman–Crippen LogP) is 2.42.